The zero-order valence-corrected chi connectivity index (χ0v) is 11.3. The Morgan fingerprint density at radius 1 is 1.50 bits per heavy atom. The number of nitrogens with zero attached hydrogens (tertiary/aromatic N) is 2. The highest BCUT2D eigenvalue weighted by Crippen LogP contribution is 2.19. The molecule has 0 fully saturated rings. The van der Waals surface area contributed by atoms with Crippen molar-refractivity contribution in [2.24, 2.45) is 5.73 Å². The molecule has 2 heterocycles. The molecule has 5 heteroatoms. The van der Waals surface area contributed by atoms with E-state index in [1.165, 1.54) is 0 Å². The summed E-state index contributed by atoms with van der Waals surface area (Å²) < 4.78 is 0.954. The molecule has 84 valence electrons. The Morgan fingerprint density at radius 3 is 2.94 bits per heavy atom. The molecule has 1 unspecified atom stereocenters. The predicted octanol–water partition coefficient (Wildman–Crippen LogP) is 2.85. The van der Waals surface area contributed by atoms with Crippen molar-refractivity contribution in [2.75, 3.05) is 0 Å². The van der Waals surface area contributed by atoms with Crippen LogP contribution in [0.5, 0.6) is 0 Å². The first-order valence-corrected chi connectivity index (χ1v) is 6.59. The van der Waals surface area contributed by atoms with Crippen molar-refractivity contribution in [1.29, 1.82) is 0 Å². The van der Waals surface area contributed by atoms with Gasteiger partial charge in [0.1, 0.15) is 0 Å². The summed E-state index contributed by atoms with van der Waals surface area (Å²) in [6.45, 7) is 2.00. The minimum absolute atomic E-state index is 0.0495. The largest absolute Gasteiger partial charge is 0.324 e. The topological polar surface area (TPSA) is 51.8 Å². The minimum atomic E-state index is -0.0495. The Morgan fingerprint density at radius 2 is 2.31 bits per heavy atom. The second kappa shape index (κ2) is 5.03. The molecule has 2 aromatic rings. The smallest absolute Gasteiger partial charge is 0.0897 e. The maximum Gasteiger partial charge on any atom is 0.0897 e. The van der Waals surface area contributed by atoms with E-state index in [0.29, 0.717) is 0 Å². The summed E-state index contributed by atoms with van der Waals surface area (Å²) in [4.78, 5) is 8.51. The molecule has 16 heavy (non-hydrogen) atoms. The number of thiazole rings is 1. The Kier molecular flexibility index (Phi) is 3.68. The molecule has 0 radical (unpaired) electrons. The summed E-state index contributed by atoms with van der Waals surface area (Å²) in [6.07, 6.45) is 4.31. The van der Waals surface area contributed by atoms with E-state index in [9.17, 15) is 0 Å². The highest BCUT2D eigenvalue weighted by molar-refractivity contribution is 9.10. The van der Waals surface area contributed by atoms with E-state index in [-0.39, 0.29) is 6.04 Å². The second-order valence-electron chi connectivity index (χ2n) is 3.60. The number of pyridine rings is 1. The van der Waals surface area contributed by atoms with Crippen LogP contribution in [0, 0.1) is 6.92 Å². The molecule has 0 bridgehead atoms. The Bertz CT molecular complexity index is 484. The molecule has 0 amide bonds. The Hall–Kier alpha value is -0.780. The van der Waals surface area contributed by atoms with E-state index in [1.54, 1.807) is 23.7 Å². The first-order chi connectivity index (χ1) is 7.65. The van der Waals surface area contributed by atoms with E-state index in [1.807, 2.05) is 13.0 Å². The van der Waals surface area contributed by atoms with Crippen LogP contribution >= 0.6 is 27.3 Å². The van der Waals surface area contributed by atoms with E-state index < -0.39 is 0 Å². The van der Waals surface area contributed by atoms with Crippen LogP contribution in [-0.2, 0) is 6.42 Å². The molecule has 1 atom stereocenters. The average molecular weight is 298 g/mol. The SMILES string of the molecule is Cc1nc(CC(N)c2cncc(Br)c2)cs1. The lowest BCUT2D eigenvalue weighted by molar-refractivity contribution is 0.705. The molecule has 0 saturated heterocycles. The summed E-state index contributed by atoms with van der Waals surface area (Å²) in [7, 11) is 0. The van der Waals surface area contributed by atoms with Crippen molar-refractivity contribution in [1.82, 2.24) is 9.97 Å². The summed E-state index contributed by atoms with van der Waals surface area (Å²) in [5.74, 6) is 0. The lowest BCUT2D eigenvalue weighted by Gasteiger charge is -2.09. The van der Waals surface area contributed by atoms with E-state index >= 15 is 0 Å². The van der Waals surface area contributed by atoms with Crippen molar-refractivity contribution in [3.8, 4) is 0 Å². The third-order valence-electron chi connectivity index (χ3n) is 2.25. The molecule has 2 N–H and O–H groups in total. The normalized spacial score (nSPS) is 12.7. The van der Waals surface area contributed by atoms with Gasteiger partial charge in [-0.15, -0.1) is 11.3 Å². The molecule has 0 saturated carbocycles. The summed E-state index contributed by atoms with van der Waals surface area (Å²) >= 11 is 5.04. The monoisotopic (exact) mass is 297 g/mol. The predicted molar refractivity (Wildman–Crippen MR) is 69.4 cm³/mol. The van der Waals surface area contributed by atoms with Gasteiger partial charge in [-0.2, -0.15) is 0 Å². The van der Waals surface area contributed by atoms with Crippen LogP contribution in [0.4, 0.5) is 0 Å². The standard InChI is InChI=1S/C11H12BrN3S/c1-7-15-10(6-16-7)3-11(13)8-2-9(12)5-14-4-8/h2,4-6,11H,3,13H2,1H3. The van der Waals surface area contributed by atoms with Crippen molar-refractivity contribution < 1.29 is 0 Å². The zero-order valence-electron chi connectivity index (χ0n) is 8.85. The van der Waals surface area contributed by atoms with Crippen LogP contribution in [0.25, 0.3) is 0 Å². The van der Waals surface area contributed by atoms with Crippen LogP contribution in [0.2, 0.25) is 0 Å². The first-order valence-electron chi connectivity index (χ1n) is 4.92. The van der Waals surface area contributed by atoms with Gasteiger partial charge in [-0.1, -0.05) is 0 Å². The Labute approximate surface area is 107 Å². The molecular formula is C11H12BrN3S. The molecular weight excluding hydrogens is 286 g/mol. The highest BCUT2D eigenvalue weighted by Gasteiger charge is 2.09. The first kappa shape index (κ1) is 11.7. The molecule has 2 rings (SSSR count). The summed E-state index contributed by atoms with van der Waals surface area (Å²) in [6, 6.07) is 1.95. The van der Waals surface area contributed by atoms with Gasteiger partial charge in [0, 0.05) is 34.7 Å². The fourth-order valence-corrected chi connectivity index (χ4v) is 2.48. The lowest BCUT2D eigenvalue weighted by atomic mass is 10.1. The second-order valence-corrected chi connectivity index (χ2v) is 5.58. The van der Waals surface area contributed by atoms with Crippen molar-refractivity contribution in [3.63, 3.8) is 0 Å². The number of halogens is 1. The number of aromatic nitrogens is 2. The van der Waals surface area contributed by atoms with E-state index in [0.717, 1.165) is 27.2 Å². The zero-order chi connectivity index (χ0) is 11.5. The summed E-state index contributed by atoms with van der Waals surface area (Å²) in [5.41, 5.74) is 8.19. The van der Waals surface area contributed by atoms with Crippen molar-refractivity contribution in [2.45, 2.75) is 19.4 Å². The quantitative estimate of drug-likeness (QED) is 0.948. The van der Waals surface area contributed by atoms with Crippen molar-refractivity contribution >= 4 is 27.3 Å². The fourth-order valence-electron chi connectivity index (χ4n) is 1.48. The van der Waals surface area contributed by atoms with Crippen LogP contribution in [0.1, 0.15) is 22.3 Å². The maximum absolute atomic E-state index is 6.11. The van der Waals surface area contributed by atoms with Gasteiger partial charge in [-0.25, -0.2) is 4.98 Å². The van der Waals surface area contributed by atoms with E-state index in [2.05, 4.69) is 31.3 Å². The van der Waals surface area contributed by atoms with Gasteiger partial charge in [0.2, 0.25) is 0 Å². The van der Waals surface area contributed by atoms with Crippen LogP contribution in [0.15, 0.2) is 28.3 Å². The van der Waals surface area contributed by atoms with Gasteiger partial charge in [0.15, 0.2) is 0 Å². The van der Waals surface area contributed by atoms with Gasteiger partial charge in [-0.05, 0) is 34.5 Å². The number of nitrogens with two attached hydrogens (primary N) is 1. The number of hydrogen-bond acceptors (Lipinski definition) is 4. The number of aryl methyl sites for hydroxylation is 1. The molecule has 0 aliphatic heterocycles. The van der Waals surface area contributed by atoms with Crippen LogP contribution < -0.4 is 5.73 Å². The van der Waals surface area contributed by atoms with Gasteiger partial charge >= 0.3 is 0 Å². The molecule has 0 aromatic carbocycles. The van der Waals surface area contributed by atoms with Gasteiger partial charge in [-0.3, -0.25) is 4.98 Å². The summed E-state index contributed by atoms with van der Waals surface area (Å²) in [5, 5.41) is 3.13. The molecule has 2 aromatic heterocycles. The number of hydrogen-bond donors (Lipinski definition) is 1. The highest BCUT2D eigenvalue weighted by atomic mass is 79.9. The van der Waals surface area contributed by atoms with Crippen LogP contribution in [0.3, 0.4) is 0 Å². The fraction of sp³-hybridized carbons (Fsp3) is 0.273. The molecule has 0 aliphatic carbocycles. The van der Waals surface area contributed by atoms with Gasteiger partial charge < -0.3 is 5.73 Å². The molecule has 0 aliphatic rings. The Balaban J connectivity index is 2.11. The van der Waals surface area contributed by atoms with Crippen molar-refractivity contribution in [3.05, 3.63) is 44.6 Å². The third-order valence-corrected chi connectivity index (χ3v) is 3.51. The lowest BCUT2D eigenvalue weighted by Crippen LogP contribution is -2.13. The number of rotatable bonds is 3. The molecule has 3 nitrogen and oxygen atoms in total. The van der Waals surface area contributed by atoms with Gasteiger partial charge in [0.25, 0.3) is 0 Å². The van der Waals surface area contributed by atoms with Crippen LogP contribution in [-0.4, -0.2) is 9.97 Å². The van der Waals surface area contributed by atoms with Gasteiger partial charge in [0.05, 0.1) is 10.7 Å². The third kappa shape index (κ3) is 2.87. The molecule has 0 spiro atoms. The maximum atomic E-state index is 6.11. The van der Waals surface area contributed by atoms with E-state index in [4.69, 9.17) is 5.73 Å². The minimum Gasteiger partial charge on any atom is -0.324 e. The average Bonchev–Trinajstić information content (AvgIpc) is 2.64.